The number of hydrogen-bond acceptors (Lipinski definition) is 4. The maximum absolute atomic E-state index is 11.5. The van der Waals surface area contributed by atoms with Gasteiger partial charge in [0, 0.05) is 13.2 Å². The zero-order chi connectivity index (χ0) is 10.8. The monoisotopic (exact) mass is 201 g/mol. The maximum atomic E-state index is 11.5. The molecule has 0 saturated carbocycles. The highest BCUT2D eigenvalue weighted by molar-refractivity contribution is 5.79. The third-order valence-corrected chi connectivity index (χ3v) is 1.85. The summed E-state index contributed by atoms with van der Waals surface area (Å²) < 4.78 is 10.4. The van der Waals surface area contributed by atoms with Crippen LogP contribution in [0.5, 0.6) is 0 Å². The molecule has 0 aromatic rings. The average molecular weight is 201 g/mol. The van der Waals surface area contributed by atoms with Crippen LogP contribution in [0.3, 0.4) is 0 Å². The van der Waals surface area contributed by atoms with E-state index in [1.54, 1.807) is 0 Å². The van der Waals surface area contributed by atoms with E-state index in [9.17, 15) is 4.79 Å². The molecule has 0 bridgehead atoms. The van der Waals surface area contributed by atoms with Gasteiger partial charge in [-0.3, -0.25) is 9.69 Å². The molecule has 14 heavy (non-hydrogen) atoms. The quantitative estimate of drug-likeness (QED) is 0.502. The van der Waals surface area contributed by atoms with Crippen molar-refractivity contribution in [1.82, 2.24) is 4.90 Å². The molecule has 0 amide bonds. The minimum atomic E-state index is -0.392. The highest BCUT2D eigenvalue weighted by Crippen LogP contribution is 2.21. The topological polar surface area (TPSA) is 38.5 Å². The molecule has 4 nitrogen and oxygen atoms in total. The Bertz CT molecular complexity index is 210. The summed E-state index contributed by atoms with van der Waals surface area (Å²) in [5.41, 5.74) is -0.392. The Morgan fingerprint density at radius 3 is 2.64 bits per heavy atom. The maximum Gasteiger partial charge on any atom is 0.325 e. The van der Waals surface area contributed by atoms with E-state index in [2.05, 4.69) is 0 Å². The number of carbonyl (C=O) groups excluding carboxylic acids is 1. The molecule has 1 aliphatic heterocycles. The lowest BCUT2D eigenvalue weighted by molar-refractivity contribution is -0.155. The van der Waals surface area contributed by atoms with Gasteiger partial charge in [0.25, 0.3) is 0 Å². The zero-order valence-electron chi connectivity index (χ0n) is 9.37. The Hall–Kier alpha value is -0.610. The number of hydrogen-bond donors (Lipinski definition) is 0. The molecule has 0 aromatic carbocycles. The molecule has 0 spiro atoms. The van der Waals surface area contributed by atoms with E-state index in [1.165, 1.54) is 0 Å². The molecule has 0 aromatic heterocycles. The van der Waals surface area contributed by atoms with Crippen LogP contribution in [0, 0.1) is 0 Å². The van der Waals surface area contributed by atoms with E-state index in [0.29, 0.717) is 13.3 Å². The predicted molar refractivity (Wildman–Crippen MR) is 52.8 cm³/mol. The van der Waals surface area contributed by atoms with Crippen LogP contribution < -0.4 is 0 Å². The van der Waals surface area contributed by atoms with Gasteiger partial charge in [-0.15, -0.1) is 0 Å². The first kappa shape index (κ1) is 11.5. The van der Waals surface area contributed by atoms with Gasteiger partial charge in [-0.05, 0) is 27.7 Å². The minimum Gasteiger partial charge on any atom is -0.459 e. The number of rotatable bonds is 4. The normalized spacial score (nSPS) is 26.0. The summed E-state index contributed by atoms with van der Waals surface area (Å²) in [5, 5.41) is 0. The van der Waals surface area contributed by atoms with Crippen molar-refractivity contribution in [1.29, 1.82) is 0 Å². The van der Waals surface area contributed by atoms with E-state index in [-0.39, 0.29) is 12.0 Å². The van der Waals surface area contributed by atoms with Crippen molar-refractivity contribution >= 4 is 5.97 Å². The minimum absolute atomic E-state index is 0.0826. The third-order valence-electron chi connectivity index (χ3n) is 1.85. The van der Waals surface area contributed by atoms with Gasteiger partial charge in [0.05, 0.1) is 6.73 Å². The van der Waals surface area contributed by atoms with Crippen molar-refractivity contribution in [2.45, 2.75) is 39.3 Å². The molecule has 2 unspecified atom stereocenters. The van der Waals surface area contributed by atoms with Crippen LogP contribution in [0.15, 0.2) is 0 Å². The molecule has 0 aliphatic carbocycles. The summed E-state index contributed by atoms with van der Waals surface area (Å²) in [6, 6.07) is -0.0826. The standard InChI is InChI=1S/C10H19NO3/c1-5-13-7-11-6-8(11)9(12)14-10(2,3)4/h8H,5-7H2,1-4H3. The fourth-order valence-electron chi connectivity index (χ4n) is 1.12. The molecule has 1 rings (SSSR count). The summed E-state index contributed by atoms with van der Waals surface area (Å²) >= 11 is 0. The zero-order valence-corrected chi connectivity index (χ0v) is 9.37. The predicted octanol–water partition coefficient (Wildman–Crippen LogP) is 1.01. The molecule has 82 valence electrons. The second-order valence-electron chi connectivity index (χ2n) is 4.44. The average Bonchev–Trinajstić information content (AvgIpc) is 2.76. The van der Waals surface area contributed by atoms with Crippen LogP contribution in [0.2, 0.25) is 0 Å². The smallest absolute Gasteiger partial charge is 0.325 e. The fraction of sp³-hybridized carbons (Fsp3) is 0.900. The lowest BCUT2D eigenvalue weighted by atomic mass is 10.2. The molecule has 1 heterocycles. The van der Waals surface area contributed by atoms with Crippen molar-refractivity contribution in [2.24, 2.45) is 0 Å². The highest BCUT2D eigenvalue weighted by Gasteiger charge is 2.42. The summed E-state index contributed by atoms with van der Waals surface area (Å²) in [7, 11) is 0. The van der Waals surface area contributed by atoms with Crippen LogP contribution in [0.1, 0.15) is 27.7 Å². The molecule has 0 N–H and O–H groups in total. The first-order valence-corrected chi connectivity index (χ1v) is 4.98. The second kappa shape index (κ2) is 4.28. The van der Waals surface area contributed by atoms with E-state index < -0.39 is 5.60 Å². The Morgan fingerprint density at radius 1 is 1.50 bits per heavy atom. The van der Waals surface area contributed by atoms with Gasteiger partial charge in [-0.1, -0.05) is 0 Å². The van der Waals surface area contributed by atoms with Crippen molar-refractivity contribution in [3.05, 3.63) is 0 Å². The summed E-state index contributed by atoms with van der Waals surface area (Å²) in [6.07, 6.45) is 0. The molecular formula is C10H19NO3. The van der Waals surface area contributed by atoms with Crippen molar-refractivity contribution in [3.63, 3.8) is 0 Å². The lowest BCUT2D eigenvalue weighted by Crippen LogP contribution is -2.28. The third kappa shape index (κ3) is 3.64. The Balaban J connectivity index is 2.22. The van der Waals surface area contributed by atoms with Gasteiger partial charge in [-0.2, -0.15) is 0 Å². The van der Waals surface area contributed by atoms with Crippen LogP contribution in [-0.2, 0) is 14.3 Å². The van der Waals surface area contributed by atoms with Gasteiger partial charge in [0.1, 0.15) is 11.6 Å². The Morgan fingerprint density at radius 2 is 2.14 bits per heavy atom. The summed E-state index contributed by atoms with van der Waals surface area (Å²) in [6.45, 7) is 9.53. The number of nitrogens with zero attached hydrogens (tertiary/aromatic N) is 1. The van der Waals surface area contributed by atoms with Crippen molar-refractivity contribution in [2.75, 3.05) is 19.9 Å². The number of ether oxygens (including phenoxy) is 2. The summed E-state index contributed by atoms with van der Waals surface area (Å²) in [4.78, 5) is 13.4. The summed E-state index contributed by atoms with van der Waals surface area (Å²) in [5.74, 6) is -0.141. The largest absolute Gasteiger partial charge is 0.459 e. The number of esters is 1. The molecule has 1 saturated heterocycles. The first-order valence-electron chi connectivity index (χ1n) is 4.98. The van der Waals surface area contributed by atoms with E-state index in [0.717, 1.165) is 6.54 Å². The second-order valence-corrected chi connectivity index (χ2v) is 4.44. The van der Waals surface area contributed by atoms with Gasteiger partial charge < -0.3 is 9.47 Å². The SMILES string of the molecule is CCOCN1CC1C(=O)OC(C)(C)C. The van der Waals surface area contributed by atoms with Gasteiger partial charge in [0.15, 0.2) is 0 Å². The van der Waals surface area contributed by atoms with Crippen LogP contribution in [-0.4, -0.2) is 42.4 Å². The van der Waals surface area contributed by atoms with Crippen LogP contribution in [0.4, 0.5) is 0 Å². The molecule has 2 atom stereocenters. The first-order chi connectivity index (χ1) is 6.44. The van der Waals surface area contributed by atoms with E-state index in [4.69, 9.17) is 9.47 Å². The molecule has 1 aliphatic rings. The van der Waals surface area contributed by atoms with E-state index >= 15 is 0 Å². The Kier molecular flexibility index (Phi) is 3.50. The van der Waals surface area contributed by atoms with Crippen molar-refractivity contribution in [3.8, 4) is 0 Å². The molecule has 4 heteroatoms. The van der Waals surface area contributed by atoms with Crippen LogP contribution >= 0.6 is 0 Å². The molecular weight excluding hydrogens is 182 g/mol. The highest BCUT2D eigenvalue weighted by atomic mass is 16.6. The lowest BCUT2D eigenvalue weighted by Gasteiger charge is -2.19. The fourth-order valence-corrected chi connectivity index (χ4v) is 1.12. The Labute approximate surface area is 85.2 Å². The molecule has 1 fully saturated rings. The van der Waals surface area contributed by atoms with Gasteiger partial charge in [-0.25, -0.2) is 0 Å². The molecule has 0 radical (unpaired) electrons. The van der Waals surface area contributed by atoms with Gasteiger partial charge >= 0.3 is 5.97 Å². The number of carbonyl (C=O) groups is 1. The van der Waals surface area contributed by atoms with E-state index in [1.807, 2.05) is 32.6 Å². The van der Waals surface area contributed by atoms with Crippen molar-refractivity contribution < 1.29 is 14.3 Å². The van der Waals surface area contributed by atoms with Gasteiger partial charge in [0.2, 0.25) is 0 Å². The van der Waals surface area contributed by atoms with Crippen LogP contribution in [0.25, 0.3) is 0 Å².